The smallest absolute Gasteiger partial charge is 0.246 e. The zero-order chi connectivity index (χ0) is 21.3. The average molecular weight is 529 g/mol. The van der Waals surface area contributed by atoms with Crippen molar-refractivity contribution in [1.82, 2.24) is 15.6 Å². The van der Waals surface area contributed by atoms with Gasteiger partial charge in [0.2, 0.25) is 5.91 Å². The topological polar surface area (TPSA) is 81.3 Å². The van der Waals surface area contributed by atoms with Crippen molar-refractivity contribution in [3.05, 3.63) is 65.4 Å². The molecule has 0 radical (unpaired) electrons. The molecule has 2 aromatic carbocycles. The van der Waals surface area contributed by atoms with Crippen molar-refractivity contribution in [3.8, 4) is 12.3 Å². The lowest BCUT2D eigenvalue weighted by molar-refractivity contribution is -0.114. The lowest BCUT2D eigenvalue weighted by Crippen LogP contribution is -2.39. The highest BCUT2D eigenvalue weighted by molar-refractivity contribution is 14.0. The number of benzene rings is 2. The molecule has 0 aliphatic rings. The molecule has 1 heterocycles. The first-order valence-electron chi connectivity index (χ1n) is 10.0. The van der Waals surface area contributed by atoms with E-state index < -0.39 is 0 Å². The monoisotopic (exact) mass is 529 g/mol. The number of aliphatic imine (C=N–C) groups is 1. The van der Waals surface area contributed by atoms with Gasteiger partial charge in [0.1, 0.15) is 6.54 Å². The van der Waals surface area contributed by atoms with Gasteiger partial charge >= 0.3 is 0 Å². The van der Waals surface area contributed by atoms with Gasteiger partial charge in [-0.25, -0.2) is 4.99 Å². The van der Waals surface area contributed by atoms with Crippen molar-refractivity contribution < 1.29 is 4.79 Å². The number of guanidine groups is 1. The number of carbonyl (C=O) groups is 1. The Morgan fingerprint density at radius 1 is 1.19 bits per heavy atom. The molecular weight excluding hydrogens is 501 g/mol. The Morgan fingerprint density at radius 3 is 2.81 bits per heavy atom. The maximum Gasteiger partial charge on any atom is 0.246 e. The van der Waals surface area contributed by atoms with E-state index in [1.54, 1.807) is 12.1 Å². The van der Waals surface area contributed by atoms with Gasteiger partial charge in [-0.15, -0.1) is 30.4 Å². The number of H-pyrrole nitrogens is 1. The number of fused-ring (bicyclic) bond motifs is 1. The molecule has 0 aliphatic heterocycles. The number of anilines is 1. The van der Waals surface area contributed by atoms with Gasteiger partial charge in [0.15, 0.2) is 5.96 Å². The first-order chi connectivity index (χ1) is 14.6. The summed E-state index contributed by atoms with van der Waals surface area (Å²) in [6.07, 6.45) is 8.29. The first-order valence-corrected chi connectivity index (χ1v) is 10.0. The van der Waals surface area contributed by atoms with Crippen molar-refractivity contribution in [2.45, 2.75) is 20.3 Å². The summed E-state index contributed by atoms with van der Waals surface area (Å²) in [6, 6.07) is 13.6. The molecule has 0 unspecified atom stereocenters. The summed E-state index contributed by atoms with van der Waals surface area (Å²) in [7, 11) is 0. The Hall–Kier alpha value is -2.99. The highest BCUT2D eigenvalue weighted by Crippen LogP contribution is 2.19. The molecule has 0 atom stereocenters. The van der Waals surface area contributed by atoms with Crippen LogP contribution < -0.4 is 16.0 Å². The second-order valence-corrected chi connectivity index (χ2v) is 7.01. The van der Waals surface area contributed by atoms with Crippen molar-refractivity contribution in [2.75, 3.05) is 25.0 Å². The normalized spacial score (nSPS) is 10.8. The zero-order valence-electron chi connectivity index (χ0n) is 17.8. The number of carbonyl (C=O) groups excluding carboxylic acids is 1. The third kappa shape index (κ3) is 7.03. The van der Waals surface area contributed by atoms with Crippen LogP contribution in [0.15, 0.2) is 53.7 Å². The fraction of sp³-hybridized carbons (Fsp3) is 0.250. The molecule has 1 amide bonds. The van der Waals surface area contributed by atoms with Crippen LogP contribution in [0.1, 0.15) is 23.6 Å². The summed E-state index contributed by atoms with van der Waals surface area (Å²) < 4.78 is 0. The van der Waals surface area contributed by atoms with E-state index in [0.29, 0.717) is 24.7 Å². The molecule has 0 saturated heterocycles. The molecule has 1 aromatic heterocycles. The Labute approximate surface area is 200 Å². The van der Waals surface area contributed by atoms with Gasteiger partial charge in [-0.2, -0.15) is 0 Å². The van der Waals surface area contributed by atoms with E-state index in [9.17, 15) is 4.79 Å². The molecular formula is C24H28IN5O. The Balaban J connectivity index is 0.00000341. The van der Waals surface area contributed by atoms with Crippen LogP contribution in [0.3, 0.4) is 0 Å². The van der Waals surface area contributed by atoms with Crippen LogP contribution in [0.25, 0.3) is 10.9 Å². The molecule has 7 heteroatoms. The molecule has 162 valence electrons. The number of nitrogens with one attached hydrogen (secondary N) is 4. The summed E-state index contributed by atoms with van der Waals surface area (Å²) in [6.45, 7) is 5.51. The summed E-state index contributed by atoms with van der Waals surface area (Å²) in [5.74, 6) is 2.97. The SMILES string of the molecule is C#Cc1cccc(NC(=O)CN=C(NCC)NCCc2c[nH]c3cc(C)ccc23)c1.I. The van der Waals surface area contributed by atoms with Gasteiger partial charge in [-0.05, 0) is 55.7 Å². The molecule has 3 rings (SSSR count). The molecule has 0 aliphatic carbocycles. The molecule has 0 spiro atoms. The average Bonchev–Trinajstić information content (AvgIpc) is 3.14. The van der Waals surface area contributed by atoms with E-state index in [1.165, 1.54) is 16.5 Å². The summed E-state index contributed by atoms with van der Waals surface area (Å²) in [5.41, 5.74) is 5.02. The van der Waals surface area contributed by atoms with Gasteiger partial charge in [-0.3, -0.25) is 4.79 Å². The number of terminal acetylenes is 1. The van der Waals surface area contributed by atoms with E-state index in [0.717, 1.165) is 17.5 Å². The number of aryl methyl sites for hydroxylation is 1. The molecule has 6 nitrogen and oxygen atoms in total. The highest BCUT2D eigenvalue weighted by atomic mass is 127. The number of hydrogen-bond acceptors (Lipinski definition) is 2. The predicted octanol–water partition coefficient (Wildman–Crippen LogP) is 3.81. The van der Waals surface area contributed by atoms with Crippen LogP contribution in [0.5, 0.6) is 0 Å². The van der Waals surface area contributed by atoms with Crippen LogP contribution >= 0.6 is 24.0 Å². The first kappa shape index (κ1) is 24.3. The van der Waals surface area contributed by atoms with Gasteiger partial charge in [-0.1, -0.05) is 24.1 Å². The second kappa shape index (κ2) is 12.0. The van der Waals surface area contributed by atoms with Gasteiger partial charge < -0.3 is 20.9 Å². The summed E-state index contributed by atoms with van der Waals surface area (Å²) in [5, 5.41) is 10.5. The van der Waals surface area contributed by atoms with Crippen LogP contribution in [0.2, 0.25) is 0 Å². The van der Waals surface area contributed by atoms with E-state index >= 15 is 0 Å². The third-order valence-electron chi connectivity index (χ3n) is 4.65. The van der Waals surface area contributed by atoms with E-state index in [4.69, 9.17) is 6.42 Å². The second-order valence-electron chi connectivity index (χ2n) is 7.01. The largest absolute Gasteiger partial charge is 0.361 e. The van der Waals surface area contributed by atoms with Crippen LogP contribution in [-0.4, -0.2) is 36.5 Å². The van der Waals surface area contributed by atoms with E-state index in [2.05, 4.69) is 57.0 Å². The van der Waals surface area contributed by atoms with E-state index in [1.807, 2.05) is 25.3 Å². The minimum Gasteiger partial charge on any atom is -0.361 e. The number of aromatic nitrogens is 1. The van der Waals surface area contributed by atoms with Crippen LogP contribution in [-0.2, 0) is 11.2 Å². The number of hydrogen-bond donors (Lipinski definition) is 4. The maximum absolute atomic E-state index is 12.2. The number of aromatic amines is 1. The van der Waals surface area contributed by atoms with E-state index in [-0.39, 0.29) is 36.4 Å². The fourth-order valence-electron chi connectivity index (χ4n) is 3.20. The fourth-order valence-corrected chi connectivity index (χ4v) is 3.20. The number of amides is 1. The number of halogens is 1. The maximum atomic E-state index is 12.2. The zero-order valence-corrected chi connectivity index (χ0v) is 20.1. The Bertz CT molecular complexity index is 1100. The highest BCUT2D eigenvalue weighted by Gasteiger charge is 2.06. The van der Waals surface area contributed by atoms with Crippen LogP contribution in [0, 0.1) is 19.3 Å². The van der Waals surface area contributed by atoms with Crippen molar-refractivity contribution in [1.29, 1.82) is 0 Å². The number of nitrogens with zero attached hydrogens (tertiary/aromatic N) is 1. The standard InChI is InChI=1S/C24H27N5O.HI/c1-4-18-7-6-8-20(14-18)29-23(30)16-28-24(25-5-2)26-12-11-19-15-27-22-13-17(3)9-10-21(19)22;/h1,6-10,13-15,27H,5,11-12,16H2,2-3H3,(H,29,30)(H2,25,26,28);1H. The lowest BCUT2D eigenvalue weighted by atomic mass is 10.1. The predicted molar refractivity (Wildman–Crippen MR) is 139 cm³/mol. The van der Waals surface area contributed by atoms with Gasteiger partial charge in [0, 0.05) is 41.4 Å². The number of rotatable bonds is 7. The molecule has 0 saturated carbocycles. The minimum atomic E-state index is -0.201. The quantitative estimate of drug-likeness (QED) is 0.163. The Kier molecular flexibility index (Phi) is 9.40. The van der Waals surface area contributed by atoms with Crippen LogP contribution in [0.4, 0.5) is 5.69 Å². The van der Waals surface area contributed by atoms with Crippen molar-refractivity contribution in [2.24, 2.45) is 4.99 Å². The summed E-state index contributed by atoms with van der Waals surface area (Å²) in [4.78, 5) is 19.9. The molecule has 0 fully saturated rings. The minimum absolute atomic E-state index is 0. The molecule has 0 bridgehead atoms. The Morgan fingerprint density at radius 2 is 2.03 bits per heavy atom. The molecule has 3 aromatic rings. The third-order valence-corrected chi connectivity index (χ3v) is 4.65. The van der Waals surface area contributed by atoms with Gasteiger partial charge in [0.25, 0.3) is 0 Å². The molecule has 31 heavy (non-hydrogen) atoms. The molecule has 4 N–H and O–H groups in total. The lowest BCUT2D eigenvalue weighted by Gasteiger charge is -2.11. The summed E-state index contributed by atoms with van der Waals surface area (Å²) >= 11 is 0. The van der Waals surface area contributed by atoms with Gasteiger partial charge in [0.05, 0.1) is 0 Å². The van der Waals surface area contributed by atoms with Crippen molar-refractivity contribution >= 4 is 52.4 Å². The van der Waals surface area contributed by atoms with Crippen molar-refractivity contribution in [3.63, 3.8) is 0 Å².